The molecule has 21 heavy (non-hydrogen) atoms. The average molecular weight is 316 g/mol. The molecule has 118 valence electrons. The third kappa shape index (κ3) is 6.01. The molecule has 0 saturated heterocycles. The number of halogens is 1. The molecule has 0 aromatic heterocycles. The van der Waals surface area contributed by atoms with E-state index in [0.29, 0.717) is 23.5 Å². The third-order valence-electron chi connectivity index (χ3n) is 2.73. The van der Waals surface area contributed by atoms with Crippen molar-refractivity contribution >= 4 is 35.6 Å². The maximum Gasteiger partial charge on any atom is 0.241 e. The molecule has 0 bridgehead atoms. The van der Waals surface area contributed by atoms with Gasteiger partial charge in [0.25, 0.3) is 0 Å². The van der Waals surface area contributed by atoms with Crippen LogP contribution >= 0.6 is 12.4 Å². The molecule has 4 N–H and O–H groups in total. The van der Waals surface area contributed by atoms with Crippen molar-refractivity contribution in [1.82, 2.24) is 0 Å². The number of methoxy groups -OCH3 is 1. The lowest BCUT2D eigenvalue weighted by molar-refractivity contribution is -0.117. The fourth-order valence-corrected chi connectivity index (χ4v) is 1.72. The van der Waals surface area contributed by atoms with Gasteiger partial charge in [-0.25, -0.2) is 0 Å². The first-order chi connectivity index (χ1) is 9.47. The van der Waals surface area contributed by atoms with Gasteiger partial charge in [-0.2, -0.15) is 0 Å². The van der Waals surface area contributed by atoms with Crippen LogP contribution in [-0.4, -0.2) is 25.0 Å². The minimum absolute atomic E-state index is 0. The molecule has 1 aromatic carbocycles. The minimum atomic E-state index is -0.573. The van der Waals surface area contributed by atoms with E-state index in [0.717, 1.165) is 6.42 Å². The van der Waals surface area contributed by atoms with Gasteiger partial charge in [0, 0.05) is 13.0 Å². The predicted molar refractivity (Wildman–Crippen MR) is 86.1 cm³/mol. The summed E-state index contributed by atoms with van der Waals surface area (Å²) < 4.78 is 5.11. The zero-order valence-corrected chi connectivity index (χ0v) is 13.3. The summed E-state index contributed by atoms with van der Waals surface area (Å²) in [6.45, 7) is 3.36. The van der Waals surface area contributed by atoms with Gasteiger partial charge in [-0.15, -0.1) is 12.4 Å². The molecule has 0 aliphatic rings. The molecule has 0 aliphatic carbocycles. The Kier molecular flexibility index (Phi) is 8.42. The summed E-state index contributed by atoms with van der Waals surface area (Å²) in [6, 6.07) is 4.44. The number of nitrogens with one attached hydrogen (secondary N) is 2. The van der Waals surface area contributed by atoms with Gasteiger partial charge < -0.3 is 21.1 Å². The smallest absolute Gasteiger partial charge is 0.241 e. The maximum atomic E-state index is 12.0. The van der Waals surface area contributed by atoms with Crippen LogP contribution in [0, 0.1) is 0 Å². The van der Waals surface area contributed by atoms with Gasteiger partial charge in [-0.3, -0.25) is 9.59 Å². The Morgan fingerprint density at radius 3 is 2.48 bits per heavy atom. The zero-order valence-electron chi connectivity index (χ0n) is 12.4. The van der Waals surface area contributed by atoms with E-state index in [1.54, 1.807) is 18.2 Å². The number of nitrogens with two attached hydrogens (primary N) is 1. The Balaban J connectivity index is 0.00000400. The van der Waals surface area contributed by atoms with Crippen LogP contribution in [0.2, 0.25) is 0 Å². The predicted octanol–water partition coefficient (Wildman–Crippen LogP) is 2.14. The van der Waals surface area contributed by atoms with Crippen LogP contribution in [-0.2, 0) is 9.59 Å². The fourth-order valence-electron chi connectivity index (χ4n) is 1.72. The van der Waals surface area contributed by atoms with E-state index in [1.165, 1.54) is 14.0 Å². The number of anilines is 2. The standard InChI is InChI=1S/C14H21N3O3.ClH/c1-4-5-11(15)14(19)17-13-8-10(20-3)6-7-12(13)16-9(2)18;/h6-8,11H,4-5,15H2,1-3H3,(H,16,18)(H,17,19);1H. The second-order valence-electron chi connectivity index (χ2n) is 4.48. The van der Waals surface area contributed by atoms with Crippen molar-refractivity contribution < 1.29 is 14.3 Å². The van der Waals surface area contributed by atoms with Crippen LogP contribution in [0.5, 0.6) is 5.75 Å². The highest BCUT2D eigenvalue weighted by molar-refractivity contribution is 6.01. The van der Waals surface area contributed by atoms with Gasteiger partial charge in [0.2, 0.25) is 11.8 Å². The van der Waals surface area contributed by atoms with Crippen LogP contribution in [0.15, 0.2) is 18.2 Å². The lowest BCUT2D eigenvalue weighted by Gasteiger charge is -2.15. The number of amides is 2. The van der Waals surface area contributed by atoms with Crippen molar-refractivity contribution in [3.8, 4) is 5.75 Å². The largest absolute Gasteiger partial charge is 0.497 e. The van der Waals surface area contributed by atoms with Crippen molar-refractivity contribution in [2.75, 3.05) is 17.7 Å². The molecule has 0 heterocycles. The summed E-state index contributed by atoms with van der Waals surface area (Å²) in [6.07, 6.45) is 1.43. The Hall–Kier alpha value is -1.79. The lowest BCUT2D eigenvalue weighted by atomic mass is 10.1. The molecular formula is C14H22ClN3O3. The minimum Gasteiger partial charge on any atom is -0.497 e. The highest BCUT2D eigenvalue weighted by Gasteiger charge is 2.15. The Morgan fingerprint density at radius 1 is 1.29 bits per heavy atom. The molecule has 0 spiro atoms. The van der Waals surface area contributed by atoms with Crippen LogP contribution in [0.1, 0.15) is 26.7 Å². The summed E-state index contributed by atoms with van der Waals surface area (Å²) in [5, 5.41) is 5.37. The first-order valence-electron chi connectivity index (χ1n) is 6.50. The van der Waals surface area contributed by atoms with E-state index >= 15 is 0 Å². The van der Waals surface area contributed by atoms with E-state index in [4.69, 9.17) is 10.5 Å². The second kappa shape index (κ2) is 9.20. The van der Waals surface area contributed by atoms with Gasteiger partial charge in [-0.1, -0.05) is 13.3 Å². The van der Waals surface area contributed by atoms with Crippen LogP contribution in [0.3, 0.4) is 0 Å². The molecule has 1 rings (SSSR count). The molecule has 2 amide bonds. The van der Waals surface area contributed by atoms with Crippen molar-refractivity contribution in [3.05, 3.63) is 18.2 Å². The highest BCUT2D eigenvalue weighted by atomic mass is 35.5. The summed E-state index contributed by atoms with van der Waals surface area (Å²) >= 11 is 0. The van der Waals surface area contributed by atoms with Gasteiger partial charge >= 0.3 is 0 Å². The van der Waals surface area contributed by atoms with Crippen LogP contribution < -0.4 is 21.1 Å². The molecule has 1 atom stereocenters. The number of rotatable bonds is 6. The van der Waals surface area contributed by atoms with Gasteiger partial charge in [0.15, 0.2) is 0 Å². The van der Waals surface area contributed by atoms with E-state index in [9.17, 15) is 9.59 Å². The number of carbonyl (C=O) groups is 2. The number of ether oxygens (including phenoxy) is 1. The normalized spacial score (nSPS) is 11.0. The Morgan fingerprint density at radius 2 is 1.95 bits per heavy atom. The molecule has 6 nitrogen and oxygen atoms in total. The van der Waals surface area contributed by atoms with Gasteiger partial charge in [-0.05, 0) is 18.6 Å². The summed E-state index contributed by atoms with van der Waals surface area (Å²) in [5.74, 6) is 0.0775. The topological polar surface area (TPSA) is 93.5 Å². The van der Waals surface area contributed by atoms with Gasteiger partial charge in [0.1, 0.15) is 5.75 Å². The van der Waals surface area contributed by atoms with Gasteiger partial charge in [0.05, 0.1) is 24.5 Å². The molecular weight excluding hydrogens is 294 g/mol. The third-order valence-corrected chi connectivity index (χ3v) is 2.73. The summed E-state index contributed by atoms with van der Waals surface area (Å²) in [5.41, 5.74) is 6.75. The van der Waals surface area contributed by atoms with E-state index in [1.807, 2.05) is 6.92 Å². The van der Waals surface area contributed by atoms with Crippen molar-refractivity contribution in [2.45, 2.75) is 32.7 Å². The molecule has 0 fully saturated rings. The van der Waals surface area contributed by atoms with Crippen molar-refractivity contribution in [2.24, 2.45) is 5.73 Å². The van der Waals surface area contributed by atoms with Crippen LogP contribution in [0.4, 0.5) is 11.4 Å². The SMILES string of the molecule is CCCC(N)C(=O)Nc1cc(OC)ccc1NC(C)=O.Cl. The number of hydrogen-bond acceptors (Lipinski definition) is 4. The number of benzene rings is 1. The quantitative estimate of drug-likeness (QED) is 0.749. The summed E-state index contributed by atoms with van der Waals surface area (Å²) in [7, 11) is 1.53. The highest BCUT2D eigenvalue weighted by Crippen LogP contribution is 2.27. The Bertz CT molecular complexity index is 494. The van der Waals surface area contributed by atoms with E-state index < -0.39 is 6.04 Å². The maximum absolute atomic E-state index is 12.0. The fraction of sp³-hybridized carbons (Fsp3) is 0.429. The summed E-state index contributed by atoms with van der Waals surface area (Å²) in [4.78, 5) is 23.1. The van der Waals surface area contributed by atoms with Crippen molar-refractivity contribution in [3.63, 3.8) is 0 Å². The first kappa shape index (κ1) is 19.2. The molecule has 1 aromatic rings. The monoisotopic (exact) mass is 315 g/mol. The van der Waals surface area contributed by atoms with E-state index in [2.05, 4.69) is 10.6 Å². The molecule has 1 unspecified atom stereocenters. The molecule has 0 radical (unpaired) electrons. The zero-order chi connectivity index (χ0) is 15.1. The lowest BCUT2D eigenvalue weighted by Crippen LogP contribution is -2.35. The number of hydrogen-bond donors (Lipinski definition) is 3. The van der Waals surface area contributed by atoms with Crippen LogP contribution in [0.25, 0.3) is 0 Å². The Labute approximate surface area is 130 Å². The number of carbonyl (C=O) groups excluding carboxylic acids is 2. The van der Waals surface area contributed by atoms with Crippen molar-refractivity contribution in [1.29, 1.82) is 0 Å². The average Bonchev–Trinajstić information content (AvgIpc) is 2.40. The molecule has 7 heteroatoms. The van der Waals surface area contributed by atoms with E-state index in [-0.39, 0.29) is 24.2 Å². The molecule has 0 saturated carbocycles. The first-order valence-corrected chi connectivity index (χ1v) is 6.50. The molecule has 0 aliphatic heterocycles. The second-order valence-corrected chi connectivity index (χ2v) is 4.48.